The smallest absolute Gasteiger partial charge is 0.303 e. The van der Waals surface area contributed by atoms with E-state index in [2.05, 4.69) is 17.6 Å². The fourth-order valence-corrected chi connectivity index (χ4v) is 2.08. The zero-order chi connectivity index (χ0) is 18.4. The Morgan fingerprint density at radius 1 is 1.12 bits per heavy atom. The maximum atomic E-state index is 12.1. The van der Waals surface area contributed by atoms with Gasteiger partial charge in [-0.3, -0.25) is 14.4 Å². The molecule has 0 aliphatic heterocycles. The maximum absolute atomic E-state index is 12.1. The quantitative estimate of drug-likeness (QED) is 0.265. The predicted octanol–water partition coefficient (Wildman–Crippen LogP) is 0.339. The average Bonchev–Trinajstić information content (AvgIpc) is 2.55. The molecule has 2 amide bonds. The third kappa shape index (κ3) is 10.7. The lowest BCUT2D eigenvalue weighted by atomic mass is 10.1. The lowest BCUT2D eigenvalue weighted by Crippen LogP contribution is -2.51. The Morgan fingerprint density at radius 2 is 1.83 bits per heavy atom. The van der Waals surface area contributed by atoms with Gasteiger partial charge in [-0.1, -0.05) is 26.2 Å². The Labute approximate surface area is 142 Å². The SMILES string of the molecule is CCCCCCNC(=O)C(CCC=O)NC(=O)C(N)CCC(=O)O. The van der Waals surface area contributed by atoms with Crippen LogP contribution in [0.4, 0.5) is 0 Å². The normalized spacial score (nSPS) is 12.9. The maximum Gasteiger partial charge on any atom is 0.303 e. The van der Waals surface area contributed by atoms with Crippen LogP contribution in [0.5, 0.6) is 0 Å². The van der Waals surface area contributed by atoms with Crippen LogP contribution in [0.3, 0.4) is 0 Å². The van der Waals surface area contributed by atoms with Gasteiger partial charge in [0.05, 0.1) is 6.04 Å². The van der Waals surface area contributed by atoms with Crippen LogP contribution in [0.15, 0.2) is 0 Å². The van der Waals surface area contributed by atoms with Crippen LogP contribution >= 0.6 is 0 Å². The number of carbonyl (C=O) groups is 4. The highest BCUT2D eigenvalue weighted by molar-refractivity contribution is 5.90. The van der Waals surface area contributed by atoms with Gasteiger partial charge in [0.1, 0.15) is 12.3 Å². The molecule has 8 heteroatoms. The van der Waals surface area contributed by atoms with Crippen molar-refractivity contribution in [1.29, 1.82) is 0 Å². The van der Waals surface area contributed by atoms with Crippen molar-refractivity contribution in [3.63, 3.8) is 0 Å². The summed E-state index contributed by atoms with van der Waals surface area (Å²) in [6.07, 6.45) is 4.82. The van der Waals surface area contributed by atoms with Crippen LogP contribution in [0, 0.1) is 0 Å². The Bertz CT molecular complexity index is 415. The fourth-order valence-electron chi connectivity index (χ4n) is 2.08. The zero-order valence-corrected chi connectivity index (χ0v) is 14.3. The van der Waals surface area contributed by atoms with Crippen molar-refractivity contribution in [2.45, 2.75) is 70.4 Å². The number of aldehydes is 1. The van der Waals surface area contributed by atoms with Gasteiger partial charge in [0.25, 0.3) is 0 Å². The molecule has 0 aromatic carbocycles. The van der Waals surface area contributed by atoms with Gasteiger partial charge in [0.15, 0.2) is 0 Å². The Hall–Kier alpha value is -1.96. The van der Waals surface area contributed by atoms with E-state index in [1.165, 1.54) is 0 Å². The molecule has 0 aromatic heterocycles. The van der Waals surface area contributed by atoms with Gasteiger partial charge in [0, 0.05) is 19.4 Å². The number of carbonyl (C=O) groups excluding carboxylic acids is 3. The van der Waals surface area contributed by atoms with Gasteiger partial charge in [-0.2, -0.15) is 0 Å². The standard InChI is InChI=1S/C16H29N3O5/c1-2-3-4-5-10-18-16(24)13(7-6-11-20)19-15(23)12(17)8-9-14(21)22/h11-13H,2-10,17H2,1H3,(H,18,24)(H,19,23)(H,21,22). The van der Waals surface area contributed by atoms with Gasteiger partial charge in [-0.15, -0.1) is 0 Å². The molecule has 0 fully saturated rings. The number of nitrogens with one attached hydrogen (secondary N) is 2. The van der Waals surface area contributed by atoms with E-state index in [0.717, 1.165) is 25.7 Å². The van der Waals surface area contributed by atoms with E-state index in [1.54, 1.807) is 0 Å². The first-order chi connectivity index (χ1) is 11.4. The van der Waals surface area contributed by atoms with Gasteiger partial charge >= 0.3 is 5.97 Å². The topological polar surface area (TPSA) is 139 Å². The number of rotatable bonds is 14. The van der Waals surface area contributed by atoms with Crippen molar-refractivity contribution in [3.05, 3.63) is 0 Å². The molecule has 0 aliphatic rings. The highest BCUT2D eigenvalue weighted by Crippen LogP contribution is 2.01. The highest BCUT2D eigenvalue weighted by atomic mass is 16.4. The largest absolute Gasteiger partial charge is 0.481 e. The minimum atomic E-state index is -1.04. The molecular formula is C16H29N3O5. The summed E-state index contributed by atoms with van der Waals surface area (Å²) in [5, 5.41) is 13.8. The average molecular weight is 343 g/mol. The second-order valence-corrected chi connectivity index (χ2v) is 5.70. The van der Waals surface area contributed by atoms with E-state index in [1.807, 2.05) is 0 Å². The summed E-state index contributed by atoms with van der Waals surface area (Å²) >= 11 is 0. The van der Waals surface area contributed by atoms with E-state index >= 15 is 0 Å². The minimum Gasteiger partial charge on any atom is -0.481 e. The number of aliphatic carboxylic acids is 1. The molecule has 0 spiro atoms. The summed E-state index contributed by atoms with van der Waals surface area (Å²) in [4.78, 5) is 45.1. The molecule has 0 saturated heterocycles. The second-order valence-electron chi connectivity index (χ2n) is 5.70. The molecule has 0 aliphatic carbocycles. The summed E-state index contributed by atoms with van der Waals surface area (Å²) in [5.41, 5.74) is 5.62. The molecule has 2 atom stereocenters. The van der Waals surface area contributed by atoms with Crippen LogP contribution in [0.25, 0.3) is 0 Å². The van der Waals surface area contributed by atoms with Crippen LogP contribution in [0.1, 0.15) is 58.3 Å². The number of carboxylic acids is 1. The molecule has 5 N–H and O–H groups in total. The molecular weight excluding hydrogens is 314 g/mol. The Balaban J connectivity index is 4.41. The van der Waals surface area contributed by atoms with Gasteiger partial charge in [-0.05, 0) is 19.3 Å². The number of unbranched alkanes of at least 4 members (excludes halogenated alkanes) is 3. The van der Waals surface area contributed by atoms with Crippen molar-refractivity contribution in [3.8, 4) is 0 Å². The summed E-state index contributed by atoms with van der Waals surface area (Å²) < 4.78 is 0. The highest BCUT2D eigenvalue weighted by Gasteiger charge is 2.23. The fraction of sp³-hybridized carbons (Fsp3) is 0.750. The van der Waals surface area contributed by atoms with E-state index in [-0.39, 0.29) is 31.6 Å². The van der Waals surface area contributed by atoms with Gasteiger partial charge in [0.2, 0.25) is 11.8 Å². The van der Waals surface area contributed by atoms with Crippen molar-refractivity contribution >= 4 is 24.1 Å². The molecule has 0 bridgehead atoms. The first-order valence-corrected chi connectivity index (χ1v) is 8.41. The van der Waals surface area contributed by atoms with E-state index in [0.29, 0.717) is 12.8 Å². The summed E-state index contributed by atoms with van der Waals surface area (Å²) in [7, 11) is 0. The zero-order valence-electron chi connectivity index (χ0n) is 14.3. The predicted molar refractivity (Wildman–Crippen MR) is 89.2 cm³/mol. The molecule has 2 unspecified atom stereocenters. The molecule has 0 aromatic rings. The van der Waals surface area contributed by atoms with E-state index in [9.17, 15) is 19.2 Å². The lowest BCUT2D eigenvalue weighted by molar-refractivity contribution is -0.137. The first-order valence-electron chi connectivity index (χ1n) is 8.41. The molecule has 0 saturated carbocycles. The Morgan fingerprint density at radius 3 is 2.42 bits per heavy atom. The van der Waals surface area contributed by atoms with Crippen molar-refractivity contribution in [2.75, 3.05) is 6.54 Å². The molecule has 0 rings (SSSR count). The molecule has 0 heterocycles. The third-order valence-corrected chi connectivity index (χ3v) is 3.54. The number of hydrogen-bond acceptors (Lipinski definition) is 5. The molecule has 8 nitrogen and oxygen atoms in total. The number of carboxylic acid groups (broad SMARTS) is 1. The lowest BCUT2D eigenvalue weighted by Gasteiger charge is -2.20. The van der Waals surface area contributed by atoms with E-state index < -0.39 is 24.0 Å². The number of hydrogen-bond donors (Lipinski definition) is 4. The summed E-state index contributed by atoms with van der Waals surface area (Å²) in [6.45, 7) is 2.61. The van der Waals surface area contributed by atoms with Gasteiger partial charge < -0.3 is 26.3 Å². The van der Waals surface area contributed by atoms with Gasteiger partial charge in [-0.25, -0.2) is 0 Å². The summed E-state index contributed by atoms with van der Waals surface area (Å²) in [5.74, 6) is -1.99. The van der Waals surface area contributed by atoms with Crippen molar-refractivity contribution in [1.82, 2.24) is 10.6 Å². The van der Waals surface area contributed by atoms with Crippen LogP contribution in [-0.2, 0) is 19.2 Å². The van der Waals surface area contributed by atoms with Crippen LogP contribution in [-0.4, -0.2) is 47.8 Å². The van der Waals surface area contributed by atoms with Crippen molar-refractivity contribution < 1.29 is 24.3 Å². The molecule has 0 radical (unpaired) electrons. The minimum absolute atomic E-state index is 0.0137. The second kappa shape index (κ2) is 13.5. The van der Waals surface area contributed by atoms with E-state index in [4.69, 9.17) is 10.8 Å². The third-order valence-electron chi connectivity index (χ3n) is 3.54. The van der Waals surface area contributed by atoms with Crippen molar-refractivity contribution in [2.24, 2.45) is 5.73 Å². The number of amides is 2. The summed E-state index contributed by atoms with van der Waals surface area (Å²) in [6, 6.07) is -1.85. The monoisotopic (exact) mass is 343 g/mol. The molecule has 138 valence electrons. The Kier molecular flexibility index (Phi) is 12.4. The first kappa shape index (κ1) is 22.0. The van der Waals surface area contributed by atoms with Crippen LogP contribution in [0.2, 0.25) is 0 Å². The molecule has 24 heavy (non-hydrogen) atoms. The van der Waals surface area contributed by atoms with Crippen LogP contribution < -0.4 is 16.4 Å². The number of nitrogens with two attached hydrogens (primary N) is 1.